The minimum Gasteiger partial charge on any atom is -0.497 e. The van der Waals surface area contributed by atoms with E-state index in [-0.39, 0.29) is 5.82 Å². The number of rotatable bonds is 4. The second-order valence-corrected chi connectivity index (χ2v) is 5.50. The van der Waals surface area contributed by atoms with E-state index in [1.165, 1.54) is 18.3 Å². The molecule has 0 unspecified atom stereocenters. The maximum Gasteiger partial charge on any atom is 0.163 e. The predicted molar refractivity (Wildman–Crippen MR) is 96.8 cm³/mol. The molecule has 0 saturated heterocycles. The van der Waals surface area contributed by atoms with Crippen molar-refractivity contribution in [3.8, 4) is 17.1 Å². The van der Waals surface area contributed by atoms with E-state index in [2.05, 4.69) is 25.3 Å². The number of hydrogen-bond acceptors (Lipinski definition) is 6. The van der Waals surface area contributed by atoms with E-state index in [0.29, 0.717) is 23.2 Å². The van der Waals surface area contributed by atoms with E-state index in [9.17, 15) is 4.39 Å². The van der Waals surface area contributed by atoms with E-state index in [4.69, 9.17) is 4.74 Å². The molecule has 26 heavy (non-hydrogen) atoms. The fourth-order valence-corrected chi connectivity index (χ4v) is 2.55. The van der Waals surface area contributed by atoms with Gasteiger partial charge in [0.15, 0.2) is 5.82 Å². The molecule has 0 radical (unpaired) electrons. The Hall–Kier alpha value is -3.61. The molecule has 128 valence electrons. The smallest absolute Gasteiger partial charge is 0.163 e. The van der Waals surface area contributed by atoms with Gasteiger partial charge in [-0.15, -0.1) is 0 Å². The van der Waals surface area contributed by atoms with Crippen LogP contribution < -0.4 is 10.1 Å². The largest absolute Gasteiger partial charge is 0.497 e. The molecule has 0 saturated carbocycles. The molecular weight excluding hydrogens is 333 g/mol. The number of halogens is 1. The standard InChI is InChI=1S/C19H14FN5O/c1-26-14-4-5-16-15(10-14)19(24-17-9-13(20)6-8-22-17)25-18(23-16)12-3-2-7-21-11-12/h2-11H,1H3,(H,22,23,24,25). The van der Waals surface area contributed by atoms with Crippen LogP contribution in [0.15, 0.2) is 61.1 Å². The van der Waals surface area contributed by atoms with Crippen LogP contribution in [-0.2, 0) is 0 Å². The summed E-state index contributed by atoms with van der Waals surface area (Å²) in [5.74, 6) is 1.65. The van der Waals surface area contributed by atoms with Gasteiger partial charge in [-0.05, 0) is 36.4 Å². The molecule has 7 heteroatoms. The summed E-state index contributed by atoms with van der Waals surface area (Å²) in [5, 5.41) is 3.81. The molecule has 0 bridgehead atoms. The van der Waals surface area contributed by atoms with Gasteiger partial charge in [0, 0.05) is 35.6 Å². The molecular formula is C19H14FN5O. The van der Waals surface area contributed by atoms with Crippen LogP contribution in [0.25, 0.3) is 22.3 Å². The number of benzene rings is 1. The number of hydrogen-bond donors (Lipinski definition) is 1. The Kier molecular flexibility index (Phi) is 4.10. The zero-order chi connectivity index (χ0) is 17.9. The van der Waals surface area contributed by atoms with E-state index in [0.717, 1.165) is 16.5 Å². The van der Waals surface area contributed by atoms with Crippen LogP contribution in [-0.4, -0.2) is 27.0 Å². The van der Waals surface area contributed by atoms with Crippen LogP contribution in [0.4, 0.5) is 16.0 Å². The molecule has 0 fully saturated rings. The third-order valence-electron chi connectivity index (χ3n) is 3.79. The molecule has 0 aliphatic heterocycles. The lowest BCUT2D eigenvalue weighted by atomic mass is 10.2. The molecule has 0 amide bonds. The number of fused-ring (bicyclic) bond motifs is 1. The van der Waals surface area contributed by atoms with Crippen molar-refractivity contribution in [1.82, 2.24) is 19.9 Å². The Balaban J connectivity index is 1.89. The third-order valence-corrected chi connectivity index (χ3v) is 3.79. The Bertz CT molecular complexity index is 1070. The van der Waals surface area contributed by atoms with Crippen LogP contribution in [0.1, 0.15) is 0 Å². The molecule has 1 N–H and O–H groups in total. The number of nitrogens with zero attached hydrogens (tertiary/aromatic N) is 4. The highest BCUT2D eigenvalue weighted by Crippen LogP contribution is 2.29. The minimum atomic E-state index is -0.383. The Morgan fingerprint density at radius 3 is 2.73 bits per heavy atom. The summed E-state index contributed by atoms with van der Waals surface area (Å²) in [7, 11) is 1.59. The Morgan fingerprint density at radius 2 is 1.96 bits per heavy atom. The minimum absolute atomic E-state index is 0.352. The molecule has 0 aliphatic carbocycles. The highest BCUT2D eigenvalue weighted by Gasteiger charge is 2.12. The summed E-state index contributed by atoms with van der Waals surface area (Å²) in [6.07, 6.45) is 4.77. The van der Waals surface area contributed by atoms with Crippen LogP contribution in [0.5, 0.6) is 5.75 Å². The van der Waals surface area contributed by atoms with Gasteiger partial charge in [0.1, 0.15) is 23.2 Å². The zero-order valence-electron chi connectivity index (χ0n) is 13.8. The van der Waals surface area contributed by atoms with Gasteiger partial charge >= 0.3 is 0 Å². The molecule has 0 atom stereocenters. The lowest BCUT2D eigenvalue weighted by molar-refractivity contribution is 0.415. The summed E-state index contributed by atoms with van der Waals surface area (Å²) >= 11 is 0. The number of pyridine rings is 2. The molecule has 4 aromatic rings. The van der Waals surface area contributed by atoms with E-state index < -0.39 is 0 Å². The van der Waals surface area contributed by atoms with Gasteiger partial charge in [0.05, 0.1) is 12.6 Å². The van der Waals surface area contributed by atoms with Gasteiger partial charge in [-0.3, -0.25) is 4.98 Å². The van der Waals surface area contributed by atoms with Crippen molar-refractivity contribution in [1.29, 1.82) is 0 Å². The van der Waals surface area contributed by atoms with Gasteiger partial charge in [0.25, 0.3) is 0 Å². The SMILES string of the molecule is COc1ccc2nc(-c3cccnc3)nc(Nc3cc(F)ccn3)c2c1. The third kappa shape index (κ3) is 3.14. The quantitative estimate of drug-likeness (QED) is 0.602. The van der Waals surface area contributed by atoms with Crippen LogP contribution in [0.2, 0.25) is 0 Å². The molecule has 0 spiro atoms. The second-order valence-electron chi connectivity index (χ2n) is 5.50. The summed E-state index contributed by atoms with van der Waals surface area (Å²) in [5.41, 5.74) is 1.50. The van der Waals surface area contributed by atoms with Crippen molar-refractivity contribution < 1.29 is 9.13 Å². The average molecular weight is 347 g/mol. The topological polar surface area (TPSA) is 72.8 Å². The number of anilines is 2. The van der Waals surface area contributed by atoms with Gasteiger partial charge in [-0.25, -0.2) is 19.3 Å². The summed E-state index contributed by atoms with van der Waals surface area (Å²) in [4.78, 5) is 17.4. The first-order chi connectivity index (χ1) is 12.7. The van der Waals surface area contributed by atoms with Gasteiger partial charge in [-0.2, -0.15) is 0 Å². The highest BCUT2D eigenvalue weighted by atomic mass is 19.1. The predicted octanol–water partition coefficient (Wildman–Crippen LogP) is 3.98. The van der Waals surface area contributed by atoms with Crippen molar-refractivity contribution in [3.05, 3.63) is 66.9 Å². The normalized spacial score (nSPS) is 10.7. The lowest BCUT2D eigenvalue weighted by Crippen LogP contribution is -2.01. The first kappa shape index (κ1) is 15.9. The monoisotopic (exact) mass is 347 g/mol. The highest BCUT2D eigenvalue weighted by molar-refractivity contribution is 5.93. The number of nitrogens with one attached hydrogen (secondary N) is 1. The van der Waals surface area contributed by atoms with Crippen LogP contribution in [0, 0.1) is 5.82 Å². The maximum atomic E-state index is 13.5. The molecule has 6 nitrogen and oxygen atoms in total. The first-order valence-electron chi connectivity index (χ1n) is 7.88. The number of aromatic nitrogens is 4. The van der Waals surface area contributed by atoms with Crippen molar-refractivity contribution in [2.45, 2.75) is 0 Å². The zero-order valence-corrected chi connectivity index (χ0v) is 13.8. The summed E-state index contributed by atoms with van der Waals surface area (Å²) in [6.45, 7) is 0. The Labute approximate surface area is 148 Å². The maximum absolute atomic E-state index is 13.5. The lowest BCUT2D eigenvalue weighted by Gasteiger charge is -2.11. The van der Waals surface area contributed by atoms with Crippen LogP contribution in [0.3, 0.4) is 0 Å². The van der Waals surface area contributed by atoms with E-state index >= 15 is 0 Å². The van der Waals surface area contributed by atoms with Crippen molar-refractivity contribution >= 4 is 22.5 Å². The van der Waals surface area contributed by atoms with Gasteiger partial charge in [-0.1, -0.05) is 0 Å². The summed E-state index contributed by atoms with van der Waals surface area (Å²) < 4.78 is 18.8. The van der Waals surface area contributed by atoms with Gasteiger partial charge in [0.2, 0.25) is 0 Å². The molecule has 3 heterocycles. The fourth-order valence-electron chi connectivity index (χ4n) is 2.55. The first-order valence-corrected chi connectivity index (χ1v) is 7.88. The van der Waals surface area contributed by atoms with Crippen LogP contribution >= 0.6 is 0 Å². The average Bonchev–Trinajstić information content (AvgIpc) is 2.68. The number of ether oxygens (including phenoxy) is 1. The van der Waals surface area contributed by atoms with Crippen molar-refractivity contribution in [3.63, 3.8) is 0 Å². The fraction of sp³-hybridized carbons (Fsp3) is 0.0526. The molecule has 1 aromatic carbocycles. The van der Waals surface area contributed by atoms with Crippen molar-refractivity contribution in [2.24, 2.45) is 0 Å². The van der Waals surface area contributed by atoms with E-state index in [1.807, 2.05) is 30.3 Å². The van der Waals surface area contributed by atoms with Gasteiger partial charge < -0.3 is 10.1 Å². The number of methoxy groups -OCH3 is 1. The molecule has 4 rings (SSSR count). The molecule has 0 aliphatic rings. The second kappa shape index (κ2) is 6.72. The van der Waals surface area contributed by atoms with Crippen molar-refractivity contribution in [2.75, 3.05) is 12.4 Å². The molecule has 3 aromatic heterocycles. The summed E-state index contributed by atoms with van der Waals surface area (Å²) in [6, 6.07) is 11.8. The van der Waals surface area contributed by atoms with E-state index in [1.54, 1.807) is 19.5 Å². The Morgan fingerprint density at radius 1 is 1.04 bits per heavy atom.